The van der Waals surface area contributed by atoms with Gasteiger partial charge in [-0.15, -0.1) is 11.3 Å². The first-order valence-corrected chi connectivity index (χ1v) is 8.82. The summed E-state index contributed by atoms with van der Waals surface area (Å²) in [7, 11) is 0. The third-order valence-electron chi connectivity index (χ3n) is 3.52. The molecule has 0 spiro atoms. The summed E-state index contributed by atoms with van der Waals surface area (Å²) in [6, 6.07) is 12.4. The van der Waals surface area contributed by atoms with Crippen LogP contribution in [-0.4, -0.2) is 34.3 Å². The van der Waals surface area contributed by atoms with Crippen molar-refractivity contribution in [3.63, 3.8) is 0 Å². The SMILES string of the molecule is NC(=O)NC(=O)COC(=O)c1cn(Cc2ccccc2)nc1-c1cccs1. The van der Waals surface area contributed by atoms with E-state index in [0.717, 1.165) is 10.4 Å². The van der Waals surface area contributed by atoms with Crippen LogP contribution >= 0.6 is 11.3 Å². The van der Waals surface area contributed by atoms with Crippen molar-refractivity contribution in [3.05, 3.63) is 65.2 Å². The van der Waals surface area contributed by atoms with Crippen LogP contribution in [0.2, 0.25) is 0 Å². The molecule has 3 N–H and O–H groups in total. The van der Waals surface area contributed by atoms with Gasteiger partial charge in [-0.25, -0.2) is 9.59 Å². The number of hydrogen-bond donors (Lipinski definition) is 2. The molecule has 3 aromatic rings. The number of primary amides is 1. The fraction of sp³-hybridized carbons (Fsp3) is 0.111. The number of carbonyl (C=O) groups is 3. The van der Waals surface area contributed by atoms with Gasteiger partial charge in [-0.1, -0.05) is 36.4 Å². The molecular weight excluding hydrogens is 368 g/mol. The van der Waals surface area contributed by atoms with Crippen LogP contribution in [0.4, 0.5) is 4.79 Å². The molecule has 0 saturated heterocycles. The van der Waals surface area contributed by atoms with Crippen molar-refractivity contribution >= 4 is 29.2 Å². The molecule has 0 fully saturated rings. The van der Waals surface area contributed by atoms with Gasteiger partial charge >= 0.3 is 12.0 Å². The Hall–Kier alpha value is -3.46. The maximum absolute atomic E-state index is 12.4. The van der Waals surface area contributed by atoms with E-state index in [4.69, 9.17) is 10.5 Å². The lowest BCUT2D eigenvalue weighted by Crippen LogP contribution is -2.37. The van der Waals surface area contributed by atoms with E-state index < -0.39 is 24.5 Å². The number of urea groups is 1. The smallest absolute Gasteiger partial charge is 0.342 e. The van der Waals surface area contributed by atoms with Gasteiger partial charge in [0.15, 0.2) is 6.61 Å². The average Bonchev–Trinajstić information content (AvgIpc) is 3.29. The van der Waals surface area contributed by atoms with E-state index >= 15 is 0 Å². The van der Waals surface area contributed by atoms with E-state index in [1.165, 1.54) is 11.3 Å². The predicted octanol–water partition coefficient (Wildman–Crippen LogP) is 2.01. The highest BCUT2D eigenvalue weighted by molar-refractivity contribution is 7.13. The molecule has 0 aliphatic heterocycles. The Bertz CT molecular complexity index is 951. The van der Waals surface area contributed by atoms with Crippen LogP contribution < -0.4 is 11.1 Å². The van der Waals surface area contributed by atoms with Crippen LogP contribution in [0, 0.1) is 0 Å². The predicted molar refractivity (Wildman–Crippen MR) is 99.1 cm³/mol. The zero-order valence-electron chi connectivity index (χ0n) is 14.1. The molecule has 0 atom stereocenters. The van der Waals surface area contributed by atoms with Crippen molar-refractivity contribution in [1.82, 2.24) is 15.1 Å². The first-order chi connectivity index (χ1) is 13.0. The van der Waals surface area contributed by atoms with Crippen molar-refractivity contribution in [2.45, 2.75) is 6.54 Å². The van der Waals surface area contributed by atoms with Gasteiger partial charge in [0, 0.05) is 6.20 Å². The van der Waals surface area contributed by atoms with Crippen molar-refractivity contribution in [2.75, 3.05) is 6.61 Å². The number of nitrogens with zero attached hydrogens (tertiary/aromatic N) is 2. The minimum Gasteiger partial charge on any atom is -0.452 e. The highest BCUT2D eigenvalue weighted by Gasteiger charge is 2.21. The molecule has 2 heterocycles. The Labute approximate surface area is 158 Å². The summed E-state index contributed by atoms with van der Waals surface area (Å²) in [4.78, 5) is 35.3. The lowest BCUT2D eigenvalue weighted by molar-refractivity contribution is -0.123. The first-order valence-electron chi connectivity index (χ1n) is 7.94. The molecule has 2 aromatic heterocycles. The number of thiophene rings is 1. The molecule has 1 aromatic carbocycles. The van der Waals surface area contributed by atoms with Crippen LogP contribution in [0.3, 0.4) is 0 Å². The van der Waals surface area contributed by atoms with Crippen LogP contribution in [0.5, 0.6) is 0 Å². The monoisotopic (exact) mass is 384 g/mol. The van der Waals surface area contributed by atoms with E-state index in [1.807, 2.05) is 53.2 Å². The Balaban J connectivity index is 1.81. The standard InChI is InChI=1S/C18H16N4O4S/c19-18(25)20-15(23)11-26-17(24)13-10-22(9-12-5-2-1-3-6-12)21-16(13)14-7-4-8-27-14/h1-8,10H,9,11H2,(H3,19,20,23,25). The van der Waals surface area contributed by atoms with Crippen LogP contribution in [-0.2, 0) is 16.1 Å². The summed E-state index contributed by atoms with van der Waals surface area (Å²) in [5.74, 6) is -1.51. The summed E-state index contributed by atoms with van der Waals surface area (Å²) >= 11 is 1.44. The average molecular weight is 384 g/mol. The number of ether oxygens (including phenoxy) is 1. The van der Waals surface area contributed by atoms with Crippen molar-refractivity contribution in [3.8, 4) is 10.6 Å². The molecule has 0 radical (unpaired) electrons. The van der Waals surface area contributed by atoms with Gasteiger partial charge in [0.2, 0.25) is 0 Å². The highest BCUT2D eigenvalue weighted by atomic mass is 32.1. The number of rotatable bonds is 6. The van der Waals surface area contributed by atoms with E-state index in [9.17, 15) is 14.4 Å². The quantitative estimate of drug-likeness (QED) is 0.631. The van der Waals surface area contributed by atoms with Crippen molar-refractivity contribution in [1.29, 1.82) is 0 Å². The normalized spacial score (nSPS) is 10.4. The molecule has 3 amide bonds. The number of nitrogens with one attached hydrogen (secondary N) is 1. The Morgan fingerprint density at radius 1 is 1.15 bits per heavy atom. The van der Waals surface area contributed by atoms with Gasteiger partial charge in [-0.3, -0.25) is 14.8 Å². The van der Waals surface area contributed by atoms with Crippen LogP contribution in [0.25, 0.3) is 10.6 Å². The second kappa shape index (κ2) is 8.28. The van der Waals surface area contributed by atoms with E-state index in [0.29, 0.717) is 12.2 Å². The molecule has 27 heavy (non-hydrogen) atoms. The van der Waals surface area contributed by atoms with Gasteiger partial charge in [0.05, 0.1) is 11.4 Å². The van der Waals surface area contributed by atoms with Crippen molar-refractivity contribution < 1.29 is 19.1 Å². The number of carbonyl (C=O) groups excluding carboxylic acids is 3. The second-order valence-electron chi connectivity index (χ2n) is 5.54. The first kappa shape index (κ1) is 18.3. The zero-order valence-corrected chi connectivity index (χ0v) is 14.9. The number of imide groups is 1. The number of esters is 1. The number of nitrogens with two attached hydrogens (primary N) is 1. The van der Waals surface area contributed by atoms with Gasteiger partial charge < -0.3 is 10.5 Å². The summed E-state index contributed by atoms with van der Waals surface area (Å²) in [6.45, 7) is -0.135. The van der Waals surface area contributed by atoms with Gasteiger partial charge in [-0.2, -0.15) is 5.10 Å². The number of amides is 3. The van der Waals surface area contributed by atoms with E-state index in [-0.39, 0.29) is 5.56 Å². The van der Waals surface area contributed by atoms with E-state index in [1.54, 1.807) is 10.9 Å². The minimum absolute atomic E-state index is 0.236. The lowest BCUT2D eigenvalue weighted by Gasteiger charge is -2.03. The third-order valence-corrected chi connectivity index (χ3v) is 4.40. The fourth-order valence-electron chi connectivity index (χ4n) is 2.40. The van der Waals surface area contributed by atoms with Gasteiger partial charge in [0.25, 0.3) is 5.91 Å². The minimum atomic E-state index is -1.01. The number of aromatic nitrogens is 2. The fourth-order valence-corrected chi connectivity index (χ4v) is 3.12. The lowest BCUT2D eigenvalue weighted by atomic mass is 10.2. The summed E-state index contributed by atoms with van der Waals surface area (Å²) in [5.41, 5.74) is 6.59. The maximum atomic E-state index is 12.4. The number of benzene rings is 1. The van der Waals surface area contributed by atoms with E-state index in [2.05, 4.69) is 5.10 Å². The van der Waals surface area contributed by atoms with Gasteiger partial charge in [-0.05, 0) is 17.0 Å². The third kappa shape index (κ3) is 4.79. The number of hydrogen-bond acceptors (Lipinski definition) is 6. The van der Waals surface area contributed by atoms with Crippen LogP contribution in [0.15, 0.2) is 54.0 Å². The Morgan fingerprint density at radius 3 is 2.59 bits per heavy atom. The molecule has 8 nitrogen and oxygen atoms in total. The highest BCUT2D eigenvalue weighted by Crippen LogP contribution is 2.27. The molecule has 0 unspecified atom stereocenters. The summed E-state index contributed by atoms with van der Waals surface area (Å²) in [5, 5.41) is 8.21. The molecule has 9 heteroatoms. The molecule has 0 aliphatic carbocycles. The van der Waals surface area contributed by atoms with Gasteiger partial charge in [0.1, 0.15) is 11.3 Å². The molecule has 0 aliphatic rings. The molecule has 138 valence electrons. The Morgan fingerprint density at radius 2 is 1.93 bits per heavy atom. The topological polar surface area (TPSA) is 116 Å². The summed E-state index contributed by atoms with van der Waals surface area (Å²) in [6.07, 6.45) is 1.58. The molecule has 0 bridgehead atoms. The van der Waals surface area contributed by atoms with Crippen molar-refractivity contribution in [2.24, 2.45) is 5.73 Å². The summed E-state index contributed by atoms with van der Waals surface area (Å²) < 4.78 is 6.63. The molecular formula is C18H16N4O4S. The second-order valence-corrected chi connectivity index (χ2v) is 6.49. The molecule has 3 rings (SSSR count). The molecule has 0 saturated carbocycles. The maximum Gasteiger partial charge on any atom is 0.342 e. The zero-order chi connectivity index (χ0) is 19.2. The largest absolute Gasteiger partial charge is 0.452 e. The van der Waals surface area contributed by atoms with Crippen LogP contribution in [0.1, 0.15) is 15.9 Å². The Kier molecular flexibility index (Phi) is 5.62.